The van der Waals surface area contributed by atoms with Crippen LogP contribution >= 0.6 is 0 Å². The number of nitrogens with zero attached hydrogens (tertiary/aromatic N) is 1. The molecule has 2 heterocycles. The Morgan fingerprint density at radius 2 is 1.82 bits per heavy atom. The molecule has 0 bridgehead atoms. The summed E-state index contributed by atoms with van der Waals surface area (Å²) in [6.07, 6.45) is -6.53. The lowest BCUT2D eigenvalue weighted by Crippen LogP contribution is -2.45. The molecule has 1 aromatic rings. The highest BCUT2D eigenvalue weighted by molar-refractivity contribution is 5.46. The van der Waals surface area contributed by atoms with E-state index >= 15 is 0 Å². The van der Waals surface area contributed by atoms with Crippen LogP contribution in [0.4, 0.5) is 17.6 Å². The summed E-state index contributed by atoms with van der Waals surface area (Å²) in [5.41, 5.74) is 0.530. The average Bonchev–Trinajstić information content (AvgIpc) is 2.78. The van der Waals surface area contributed by atoms with Gasteiger partial charge in [-0.1, -0.05) is 6.07 Å². The summed E-state index contributed by atoms with van der Waals surface area (Å²) in [5.74, 6) is -0.193. The number of halogens is 4. The average molecular weight is 320 g/mol. The highest BCUT2D eigenvalue weighted by Crippen LogP contribution is 2.43. The first-order valence-corrected chi connectivity index (χ1v) is 7.07. The summed E-state index contributed by atoms with van der Waals surface area (Å²) in [6.45, 7) is 2.68. The lowest BCUT2D eigenvalue weighted by atomic mass is 10.0. The van der Waals surface area contributed by atoms with Crippen LogP contribution in [0.2, 0.25) is 0 Å². The van der Waals surface area contributed by atoms with Gasteiger partial charge in [0.25, 0.3) is 0 Å². The van der Waals surface area contributed by atoms with E-state index in [-0.39, 0.29) is 17.9 Å². The number of ether oxygens (including phenoxy) is 2. The molecule has 0 radical (unpaired) electrons. The van der Waals surface area contributed by atoms with Gasteiger partial charge in [0.15, 0.2) is 11.5 Å². The number of piperazine rings is 1. The van der Waals surface area contributed by atoms with E-state index in [2.05, 4.69) is 14.8 Å². The lowest BCUT2D eigenvalue weighted by Gasteiger charge is -2.35. The van der Waals surface area contributed by atoms with Crippen molar-refractivity contribution in [2.45, 2.75) is 25.2 Å². The first-order chi connectivity index (χ1) is 10.4. The monoisotopic (exact) mass is 320 g/mol. The Kier molecular flexibility index (Phi) is 4.14. The van der Waals surface area contributed by atoms with Crippen LogP contribution in [0.15, 0.2) is 18.2 Å². The van der Waals surface area contributed by atoms with Crippen LogP contribution in [0.3, 0.4) is 0 Å². The van der Waals surface area contributed by atoms with Gasteiger partial charge in [-0.2, -0.15) is 0 Å². The third kappa shape index (κ3) is 3.27. The molecule has 0 unspecified atom stereocenters. The topological polar surface area (TPSA) is 33.7 Å². The molecule has 3 rings (SSSR count). The van der Waals surface area contributed by atoms with Crippen molar-refractivity contribution in [1.29, 1.82) is 0 Å². The van der Waals surface area contributed by atoms with Gasteiger partial charge in [-0.3, -0.25) is 4.90 Å². The van der Waals surface area contributed by atoms with Crippen molar-refractivity contribution in [1.82, 2.24) is 10.2 Å². The number of nitrogens with one attached hydrogen (secondary N) is 1. The van der Waals surface area contributed by atoms with Crippen LogP contribution in [-0.4, -0.2) is 43.8 Å². The number of benzene rings is 1. The number of hydrogen-bond donors (Lipinski definition) is 1. The number of fused-ring (bicyclic) bond motifs is 1. The van der Waals surface area contributed by atoms with Crippen molar-refractivity contribution in [3.63, 3.8) is 0 Å². The highest BCUT2D eigenvalue weighted by Gasteiger charge is 2.43. The minimum Gasteiger partial charge on any atom is -0.395 e. The maximum Gasteiger partial charge on any atom is 0.586 e. The zero-order valence-electron chi connectivity index (χ0n) is 11.7. The van der Waals surface area contributed by atoms with Crippen molar-refractivity contribution < 1.29 is 27.0 Å². The number of rotatable bonds is 4. The predicted octanol–water partition coefficient (Wildman–Crippen LogP) is 2.61. The second-order valence-corrected chi connectivity index (χ2v) is 5.30. The molecule has 1 atom stereocenters. The fourth-order valence-electron chi connectivity index (χ4n) is 2.83. The van der Waals surface area contributed by atoms with Crippen LogP contribution in [0.1, 0.15) is 18.0 Å². The molecule has 1 fully saturated rings. The van der Waals surface area contributed by atoms with Gasteiger partial charge in [0.05, 0.1) is 0 Å². The molecular weight excluding hydrogens is 304 g/mol. The van der Waals surface area contributed by atoms with Gasteiger partial charge in [-0.05, 0) is 17.7 Å². The van der Waals surface area contributed by atoms with Gasteiger partial charge < -0.3 is 14.8 Å². The van der Waals surface area contributed by atoms with E-state index in [1.165, 1.54) is 12.1 Å². The molecule has 0 aromatic heterocycles. The van der Waals surface area contributed by atoms with Crippen molar-refractivity contribution in [3.8, 4) is 11.5 Å². The first kappa shape index (κ1) is 15.4. The standard InChI is InChI=1S/C14H16F4N2O2/c15-13(16)8-10(20-5-3-19-4-6-20)9-1-2-11-12(7-9)22-14(17,18)21-11/h1-2,7,10,13,19H,3-6,8H2/t10-/m0/s1. The van der Waals surface area contributed by atoms with Crippen molar-refractivity contribution in [3.05, 3.63) is 23.8 Å². The quantitative estimate of drug-likeness (QED) is 0.865. The minimum absolute atomic E-state index is 0.0788. The SMILES string of the molecule is FC(F)C[C@@H](c1ccc2c(c1)OC(F)(F)O2)N1CCNCC1. The second-order valence-electron chi connectivity index (χ2n) is 5.30. The Bertz CT molecular complexity index is 536. The summed E-state index contributed by atoms with van der Waals surface area (Å²) < 4.78 is 60.6. The molecular formula is C14H16F4N2O2. The second kappa shape index (κ2) is 5.92. The fraction of sp³-hybridized carbons (Fsp3) is 0.571. The Morgan fingerprint density at radius 1 is 1.14 bits per heavy atom. The third-order valence-electron chi connectivity index (χ3n) is 3.80. The molecule has 1 N–H and O–H groups in total. The van der Waals surface area contributed by atoms with Crippen LogP contribution < -0.4 is 14.8 Å². The van der Waals surface area contributed by atoms with Gasteiger partial charge in [0.2, 0.25) is 6.43 Å². The van der Waals surface area contributed by atoms with E-state index < -0.39 is 18.8 Å². The van der Waals surface area contributed by atoms with E-state index in [1.54, 1.807) is 6.07 Å². The predicted molar refractivity (Wildman–Crippen MR) is 70.4 cm³/mol. The van der Waals surface area contributed by atoms with Gasteiger partial charge >= 0.3 is 6.29 Å². The Morgan fingerprint density at radius 3 is 2.50 bits per heavy atom. The molecule has 22 heavy (non-hydrogen) atoms. The van der Waals surface area contributed by atoms with E-state index in [1.807, 2.05) is 4.90 Å². The maximum absolute atomic E-state index is 13.1. The summed E-state index contributed by atoms with van der Waals surface area (Å²) in [5, 5.41) is 3.15. The maximum atomic E-state index is 13.1. The normalized spacial score (nSPS) is 22.0. The summed E-state index contributed by atoms with van der Waals surface area (Å²) in [6, 6.07) is 3.71. The summed E-state index contributed by atoms with van der Waals surface area (Å²) >= 11 is 0. The Hall–Kier alpha value is -1.54. The molecule has 0 aliphatic carbocycles. The van der Waals surface area contributed by atoms with Crippen molar-refractivity contribution >= 4 is 0 Å². The van der Waals surface area contributed by atoms with E-state index in [4.69, 9.17) is 0 Å². The molecule has 0 amide bonds. The fourth-order valence-corrected chi connectivity index (χ4v) is 2.83. The van der Waals surface area contributed by atoms with Crippen LogP contribution in [-0.2, 0) is 0 Å². The van der Waals surface area contributed by atoms with Crippen molar-refractivity contribution in [2.75, 3.05) is 26.2 Å². The first-order valence-electron chi connectivity index (χ1n) is 7.07. The van der Waals surface area contributed by atoms with Gasteiger partial charge in [0.1, 0.15) is 0 Å². The molecule has 122 valence electrons. The summed E-state index contributed by atoms with van der Waals surface area (Å²) in [4.78, 5) is 1.93. The van der Waals surface area contributed by atoms with Gasteiger partial charge in [-0.25, -0.2) is 8.78 Å². The van der Waals surface area contributed by atoms with Crippen LogP contribution in [0.5, 0.6) is 11.5 Å². The zero-order chi connectivity index (χ0) is 15.7. The number of alkyl halides is 4. The van der Waals surface area contributed by atoms with Gasteiger partial charge in [0, 0.05) is 38.6 Å². The van der Waals surface area contributed by atoms with E-state index in [0.717, 1.165) is 0 Å². The minimum atomic E-state index is -3.70. The Labute approximate surface area is 125 Å². The highest BCUT2D eigenvalue weighted by atomic mass is 19.3. The molecule has 2 aliphatic rings. The molecule has 1 saturated heterocycles. The van der Waals surface area contributed by atoms with Crippen LogP contribution in [0, 0.1) is 0 Å². The van der Waals surface area contributed by atoms with E-state index in [9.17, 15) is 17.6 Å². The summed E-state index contributed by atoms with van der Waals surface area (Å²) in [7, 11) is 0. The molecule has 1 aromatic carbocycles. The van der Waals surface area contributed by atoms with Crippen LogP contribution in [0.25, 0.3) is 0 Å². The number of hydrogen-bond acceptors (Lipinski definition) is 4. The van der Waals surface area contributed by atoms with E-state index in [0.29, 0.717) is 31.7 Å². The van der Waals surface area contributed by atoms with Gasteiger partial charge in [-0.15, -0.1) is 8.78 Å². The smallest absolute Gasteiger partial charge is 0.395 e. The Balaban J connectivity index is 1.85. The molecule has 4 nitrogen and oxygen atoms in total. The largest absolute Gasteiger partial charge is 0.586 e. The molecule has 8 heteroatoms. The third-order valence-corrected chi connectivity index (χ3v) is 3.80. The molecule has 0 spiro atoms. The molecule has 0 saturated carbocycles. The zero-order valence-corrected chi connectivity index (χ0v) is 11.7. The molecule has 2 aliphatic heterocycles. The van der Waals surface area contributed by atoms with Crippen molar-refractivity contribution in [2.24, 2.45) is 0 Å². The lowest BCUT2D eigenvalue weighted by molar-refractivity contribution is -0.286.